The van der Waals surface area contributed by atoms with E-state index in [1.54, 1.807) is 12.1 Å². The maximum Gasteiger partial charge on any atom is 0.127 e. The molecule has 1 heterocycles. The molecule has 1 aromatic carbocycles. The molecule has 0 aromatic heterocycles. The first kappa shape index (κ1) is 15.4. The van der Waals surface area contributed by atoms with Gasteiger partial charge in [-0.1, -0.05) is 12.2 Å². The average Bonchev–Trinajstić information content (AvgIpc) is 2.36. The van der Waals surface area contributed by atoms with Gasteiger partial charge in [0.25, 0.3) is 0 Å². The van der Waals surface area contributed by atoms with Crippen LogP contribution in [-0.4, -0.2) is 47.0 Å². The molecule has 0 radical (unpaired) electrons. The van der Waals surface area contributed by atoms with E-state index in [4.69, 9.17) is 18.0 Å². The molecular weight excluding hydrogens is 273 g/mol. The fraction of sp³-hybridized carbons (Fsp3) is 0.533. The lowest BCUT2D eigenvalue weighted by Gasteiger charge is -2.45. The van der Waals surface area contributed by atoms with Crippen molar-refractivity contribution in [1.82, 2.24) is 9.80 Å². The van der Waals surface area contributed by atoms with Gasteiger partial charge in [0.05, 0.1) is 0 Å². The Balaban J connectivity index is 2.14. The second kappa shape index (κ2) is 5.76. The summed E-state index contributed by atoms with van der Waals surface area (Å²) in [5.74, 6) is -0.193. The summed E-state index contributed by atoms with van der Waals surface area (Å²) < 4.78 is 13.9. The fourth-order valence-electron chi connectivity index (χ4n) is 2.57. The number of hydrogen-bond donors (Lipinski definition) is 1. The Hall–Kier alpha value is -1.04. The van der Waals surface area contributed by atoms with Crippen LogP contribution in [0.2, 0.25) is 0 Å². The molecule has 0 unspecified atom stereocenters. The first-order valence-corrected chi connectivity index (χ1v) is 7.22. The van der Waals surface area contributed by atoms with E-state index in [1.807, 2.05) is 0 Å². The summed E-state index contributed by atoms with van der Waals surface area (Å²) in [5, 5.41) is 0. The lowest BCUT2D eigenvalue weighted by atomic mass is 9.99. The third-order valence-electron chi connectivity index (χ3n) is 4.12. The maximum atomic E-state index is 13.9. The van der Waals surface area contributed by atoms with E-state index in [9.17, 15) is 4.39 Å². The molecule has 2 rings (SSSR count). The molecule has 1 aliphatic heterocycles. The lowest BCUT2D eigenvalue weighted by molar-refractivity contribution is 0.0355. The van der Waals surface area contributed by atoms with Gasteiger partial charge in [-0.25, -0.2) is 4.39 Å². The standard InChI is InChI=1S/C15H22FN3S/c1-15(2)10-19(7-6-18(15)3)9-12-8-11(14(17)20)4-5-13(12)16/h4-5,8H,6-7,9-10H2,1-3H3,(H2,17,20). The van der Waals surface area contributed by atoms with E-state index < -0.39 is 0 Å². The summed E-state index contributed by atoms with van der Waals surface area (Å²) in [6.07, 6.45) is 0. The van der Waals surface area contributed by atoms with Gasteiger partial charge in [0, 0.05) is 42.8 Å². The van der Waals surface area contributed by atoms with Crippen molar-refractivity contribution in [2.24, 2.45) is 5.73 Å². The van der Waals surface area contributed by atoms with Crippen molar-refractivity contribution in [1.29, 1.82) is 0 Å². The van der Waals surface area contributed by atoms with Crippen LogP contribution in [-0.2, 0) is 6.54 Å². The van der Waals surface area contributed by atoms with Crippen molar-refractivity contribution in [3.8, 4) is 0 Å². The summed E-state index contributed by atoms with van der Waals surface area (Å²) >= 11 is 4.96. The van der Waals surface area contributed by atoms with Crippen LogP contribution in [0.15, 0.2) is 18.2 Å². The van der Waals surface area contributed by atoms with Crippen LogP contribution in [0, 0.1) is 5.82 Å². The number of rotatable bonds is 3. The molecule has 1 aliphatic rings. The summed E-state index contributed by atoms with van der Waals surface area (Å²) in [4.78, 5) is 4.93. The molecule has 0 spiro atoms. The fourth-order valence-corrected chi connectivity index (χ4v) is 2.69. The topological polar surface area (TPSA) is 32.5 Å². The molecule has 3 nitrogen and oxygen atoms in total. The molecule has 0 bridgehead atoms. The van der Waals surface area contributed by atoms with Gasteiger partial charge < -0.3 is 5.73 Å². The highest BCUT2D eigenvalue weighted by atomic mass is 32.1. The summed E-state index contributed by atoms with van der Waals surface area (Å²) in [5.41, 5.74) is 7.11. The summed E-state index contributed by atoms with van der Waals surface area (Å²) in [6, 6.07) is 4.85. The third-order valence-corrected chi connectivity index (χ3v) is 4.36. The van der Waals surface area contributed by atoms with Crippen molar-refractivity contribution in [2.45, 2.75) is 25.9 Å². The van der Waals surface area contributed by atoms with Crippen LogP contribution >= 0.6 is 12.2 Å². The molecule has 5 heteroatoms. The first-order chi connectivity index (χ1) is 9.29. The second-order valence-electron chi connectivity index (χ2n) is 6.12. The maximum absolute atomic E-state index is 13.9. The minimum atomic E-state index is -0.193. The number of hydrogen-bond acceptors (Lipinski definition) is 3. The van der Waals surface area contributed by atoms with Gasteiger partial charge in [-0.15, -0.1) is 0 Å². The van der Waals surface area contributed by atoms with Crippen molar-refractivity contribution in [3.63, 3.8) is 0 Å². The van der Waals surface area contributed by atoms with Gasteiger partial charge in [-0.3, -0.25) is 9.80 Å². The Labute approximate surface area is 125 Å². The van der Waals surface area contributed by atoms with Crippen LogP contribution in [0.4, 0.5) is 4.39 Å². The number of piperazine rings is 1. The van der Waals surface area contributed by atoms with Crippen molar-refractivity contribution in [2.75, 3.05) is 26.7 Å². The van der Waals surface area contributed by atoms with Crippen LogP contribution in [0.25, 0.3) is 0 Å². The van der Waals surface area contributed by atoms with Gasteiger partial charge >= 0.3 is 0 Å². The van der Waals surface area contributed by atoms with E-state index in [1.165, 1.54) is 6.07 Å². The predicted molar refractivity (Wildman–Crippen MR) is 84.3 cm³/mol. The lowest BCUT2D eigenvalue weighted by Crippen LogP contribution is -2.57. The van der Waals surface area contributed by atoms with Gasteiger partial charge in [0.1, 0.15) is 10.8 Å². The molecule has 0 saturated carbocycles. The molecular formula is C15H22FN3S. The van der Waals surface area contributed by atoms with Crippen molar-refractivity contribution in [3.05, 3.63) is 35.1 Å². The zero-order valence-corrected chi connectivity index (χ0v) is 13.1. The molecule has 0 atom stereocenters. The highest BCUT2D eigenvalue weighted by Gasteiger charge is 2.31. The van der Waals surface area contributed by atoms with Crippen LogP contribution in [0.1, 0.15) is 25.0 Å². The monoisotopic (exact) mass is 295 g/mol. The van der Waals surface area contributed by atoms with E-state index >= 15 is 0 Å². The van der Waals surface area contributed by atoms with Gasteiger partial charge in [-0.2, -0.15) is 0 Å². The molecule has 20 heavy (non-hydrogen) atoms. The number of likely N-dealkylation sites (N-methyl/N-ethyl adjacent to an activating group) is 1. The van der Waals surface area contributed by atoms with E-state index in [2.05, 4.69) is 30.7 Å². The number of thiocarbonyl (C=S) groups is 1. The van der Waals surface area contributed by atoms with Crippen molar-refractivity contribution < 1.29 is 4.39 Å². The second-order valence-corrected chi connectivity index (χ2v) is 6.55. The Morgan fingerprint density at radius 2 is 2.10 bits per heavy atom. The largest absolute Gasteiger partial charge is 0.389 e. The molecule has 2 N–H and O–H groups in total. The zero-order valence-electron chi connectivity index (χ0n) is 12.3. The average molecular weight is 295 g/mol. The van der Waals surface area contributed by atoms with Gasteiger partial charge in [-0.05, 0) is 39.1 Å². The highest BCUT2D eigenvalue weighted by Crippen LogP contribution is 2.21. The minimum absolute atomic E-state index is 0.107. The first-order valence-electron chi connectivity index (χ1n) is 6.81. The quantitative estimate of drug-likeness (QED) is 0.865. The van der Waals surface area contributed by atoms with E-state index in [0.717, 1.165) is 25.2 Å². The third kappa shape index (κ3) is 3.34. The minimum Gasteiger partial charge on any atom is -0.389 e. The molecule has 1 fully saturated rings. The number of halogens is 1. The van der Waals surface area contributed by atoms with Gasteiger partial charge in [0.2, 0.25) is 0 Å². The van der Waals surface area contributed by atoms with Crippen LogP contribution in [0.3, 0.4) is 0 Å². The van der Waals surface area contributed by atoms with Crippen LogP contribution in [0.5, 0.6) is 0 Å². The summed E-state index contributed by atoms with van der Waals surface area (Å²) in [7, 11) is 2.13. The zero-order chi connectivity index (χ0) is 14.9. The molecule has 0 amide bonds. The smallest absolute Gasteiger partial charge is 0.127 e. The van der Waals surface area contributed by atoms with E-state index in [0.29, 0.717) is 17.1 Å². The predicted octanol–water partition coefficient (Wildman–Crippen LogP) is 1.99. The Bertz CT molecular complexity index is 516. The Morgan fingerprint density at radius 1 is 1.40 bits per heavy atom. The number of benzene rings is 1. The molecule has 0 aliphatic carbocycles. The van der Waals surface area contributed by atoms with E-state index in [-0.39, 0.29) is 11.4 Å². The summed E-state index contributed by atoms with van der Waals surface area (Å²) in [6.45, 7) is 7.86. The normalized spacial score (nSPS) is 20.0. The van der Waals surface area contributed by atoms with Gasteiger partial charge in [0.15, 0.2) is 0 Å². The Kier molecular flexibility index (Phi) is 4.42. The number of nitrogens with two attached hydrogens (primary N) is 1. The number of nitrogens with zero attached hydrogens (tertiary/aromatic N) is 2. The van der Waals surface area contributed by atoms with Crippen LogP contribution < -0.4 is 5.73 Å². The molecule has 1 aromatic rings. The molecule has 110 valence electrons. The molecule has 1 saturated heterocycles. The van der Waals surface area contributed by atoms with Crippen molar-refractivity contribution >= 4 is 17.2 Å². The Morgan fingerprint density at radius 3 is 2.70 bits per heavy atom. The highest BCUT2D eigenvalue weighted by molar-refractivity contribution is 7.80. The SMILES string of the molecule is CN1CCN(Cc2cc(C(N)=S)ccc2F)CC1(C)C.